The molecule has 1 amide bonds. The molecular weight excluding hydrogens is 271 g/mol. The molecular formula is C13H16Cl2N2O. The number of nitrogens with zero attached hydrogens (tertiary/aromatic N) is 1. The zero-order chi connectivity index (χ0) is 13.3. The van der Waals surface area contributed by atoms with Crippen LogP contribution >= 0.6 is 23.2 Å². The van der Waals surface area contributed by atoms with Gasteiger partial charge in [0.2, 0.25) is 5.91 Å². The van der Waals surface area contributed by atoms with E-state index in [0.717, 1.165) is 18.4 Å². The van der Waals surface area contributed by atoms with E-state index >= 15 is 0 Å². The molecule has 1 saturated heterocycles. The van der Waals surface area contributed by atoms with Crippen molar-refractivity contribution in [2.45, 2.75) is 31.3 Å². The molecule has 1 aliphatic rings. The Morgan fingerprint density at radius 3 is 2.78 bits per heavy atom. The number of likely N-dealkylation sites (tertiary alicyclic amines) is 1. The van der Waals surface area contributed by atoms with Gasteiger partial charge in [0.15, 0.2) is 0 Å². The number of hydrogen-bond acceptors (Lipinski definition) is 2. The van der Waals surface area contributed by atoms with Crippen LogP contribution in [0.3, 0.4) is 0 Å². The Labute approximate surface area is 117 Å². The Morgan fingerprint density at radius 2 is 2.11 bits per heavy atom. The minimum absolute atomic E-state index is 0.0971. The lowest BCUT2D eigenvalue weighted by atomic mass is 9.96. The molecule has 2 unspecified atom stereocenters. The zero-order valence-corrected chi connectivity index (χ0v) is 11.7. The van der Waals surface area contributed by atoms with Gasteiger partial charge in [0.25, 0.3) is 0 Å². The highest BCUT2D eigenvalue weighted by molar-refractivity contribution is 6.35. The third-order valence-corrected chi connectivity index (χ3v) is 3.99. The van der Waals surface area contributed by atoms with Crippen molar-refractivity contribution in [2.24, 2.45) is 5.73 Å². The van der Waals surface area contributed by atoms with Gasteiger partial charge in [-0.1, -0.05) is 29.3 Å². The van der Waals surface area contributed by atoms with Gasteiger partial charge in [0.1, 0.15) is 0 Å². The normalized spacial score (nSPS) is 25.1. The summed E-state index contributed by atoms with van der Waals surface area (Å²) in [5, 5.41) is 1.14. The standard InChI is InChI=1S/C13H16Cl2N2O/c1-17-12(18)4-2-3-11(16)13(17)9-6-5-8(14)7-10(9)15/h5-7,11,13H,2-4,16H2,1H3. The smallest absolute Gasteiger partial charge is 0.222 e. The van der Waals surface area contributed by atoms with Crippen LogP contribution in [0.15, 0.2) is 18.2 Å². The molecule has 0 spiro atoms. The van der Waals surface area contributed by atoms with Crippen LogP contribution in [-0.2, 0) is 4.79 Å². The second-order valence-corrected chi connectivity index (χ2v) is 5.52. The van der Waals surface area contributed by atoms with E-state index in [1.54, 1.807) is 24.1 Å². The molecule has 1 aromatic carbocycles. The predicted molar refractivity (Wildman–Crippen MR) is 73.8 cm³/mol. The van der Waals surface area contributed by atoms with Crippen LogP contribution in [0.1, 0.15) is 30.9 Å². The van der Waals surface area contributed by atoms with E-state index in [1.807, 2.05) is 6.07 Å². The number of likely N-dealkylation sites (N-methyl/N-ethyl adjacent to an activating group) is 1. The lowest BCUT2D eigenvalue weighted by Gasteiger charge is -2.31. The fourth-order valence-electron chi connectivity index (χ4n) is 2.45. The summed E-state index contributed by atoms with van der Waals surface area (Å²) >= 11 is 12.1. The number of carbonyl (C=O) groups is 1. The molecule has 98 valence electrons. The monoisotopic (exact) mass is 286 g/mol. The third kappa shape index (κ3) is 2.63. The molecule has 0 saturated carbocycles. The zero-order valence-electron chi connectivity index (χ0n) is 10.2. The van der Waals surface area contributed by atoms with Crippen molar-refractivity contribution in [1.29, 1.82) is 0 Å². The number of rotatable bonds is 1. The molecule has 3 nitrogen and oxygen atoms in total. The van der Waals surface area contributed by atoms with Gasteiger partial charge in [-0.25, -0.2) is 0 Å². The van der Waals surface area contributed by atoms with Crippen molar-refractivity contribution in [3.8, 4) is 0 Å². The first-order valence-electron chi connectivity index (χ1n) is 5.97. The summed E-state index contributed by atoms with van der Waals surface area (Å²) in [5.41, 5.74) is 7.05. The van der Waals surface area contributed by atoms with Crippen molar-refractivity contribution in [2.75, 3.05) is 7.05 Å². The first-order valence-corrected chi connectivity index (χ1v) is 6.72. The second-order valence-electron chi connectivity index (χ2n) is 4.67. The SMILES string of the molecule is CN1C(=O)CCCC(N)C1c1ccc(Cl)cc1Cl. The highest BCUT2D eigenvalue weighted by Gasteiger charge is 2.31. The van der Waals surface area contributed by atoms with Crippen LogP contribution in [0.25, 0.3) is 0 Å². The van der Waals surface area contributed by atoms with Crippen LogP contribution < -0.4 is 5.73 Å². The van der Waals surface area contributed by atoms with Gasteiger partial charge in [-0.05, 0) is 30.5 Å². The molecule has 2 atom stereocenters. The summed E-state index contributed by atoms with van der Waals surface area (Å²) in [5.74, 6) is 0.110. The summed E-state index contributed by atoms with van der Waals surface area (Å²) in [6.45, 7) is 0. The lowest BCUT2D eigenvalue weighted by molar-refractivity contribution is -0.131. The summed E-state index contributed by atoms with van der Waals surface area (Å²) < 4.78 is 0. The topological polar surface area (TPSA) is 46.3 Å². The highest BCUT2D eigenvalue weighted by Crippen LogP contribution is 2.34. The fraction of sp³-hybridized carbons (Fsp3) is 0.462. The molecule has 5 heteroatoms. The van der Waals surface area contributed by atoms with Gasteiger partial charge in [-0.15, -0.1) is 0 Å². The number of nitrogens with two attached hydrogens (primary N) is 1. The molecule has 2 N–H and O–H groups in total. The molecule has 2 rings (SSSR count). The highest BCUT2D eigenvalue weighted by atomic mass is 35.5. The van der Waals surface area contributed by atoms with Gasteiger partial charge >= 0.3 is 0 Å². The summed E-state index contributed by atoms with van der Waals surface area (Å²) in [6, 6.07) is 5.04. The lowest BCUT2D eigenvalue weighted by Crippen LogP contribution is -2.39. The van der Waals surface area contributed by atoms with Crippen molar-refractivity contribution in [3.63, 3.8) is 0 Å². The van der Waals surface area contributed by atoms with Crippen LogP contribution in [0, 0.1) is 0 Å². The fourth-order valence-corrected chi connectivity index (χ4v) is 2.97. The van der Waals surface area contributed by atoms with Gasteiger partial charge < -0.3 is 10.6 Å². The average Bonchev–Trinajstić information content (AvgIpc) is 2.42. The van der Waals surface area contributed by atoms with Gasteiger partial charge in [-0.3, -0.25) is 4.79 Å². The summed E-state index contributed by atoms with van der Waals surface area (Å²) in [7, 11) is 1.78. The van der Waals surface area contributed by atoms with Crippen molar-refractivity contribution < 1.29 is 4.79 Å². The van der Waals surface area contributed by atoms with Gasteiger partial charge in [0.05, 0.1) is 6.04 Å². The van der Waals surface area contributed by atoms with Crippen LogP contribution in [0.2, 0.25) is 10.0 Å². The quantitative estimate of drug-likeness (QED) is 0.863. The maximum Gasteiger partial charge on any atom is 0.222 e. The molecule has 0 aromatic heterocycles. The second kappa shape index (κ2) is 5.47. The van der Waals surface area contributed by atoms with E-state index in [4.69, 9.17) is 28.9 Å². The molecule has 1 aromatic rings. The van der Waals surface area contributed by atoms with E-state index in [0.29, 0.717) is 16.5 Å². The van der Waals surface area contributed by atoms with Crippen molar-refractivity contribution in [3.05, 3.63) is 33.8 Å². The Bertz CT molecular complexity index is 464. The third-order valence-electron chi connectivity index (χ3n) is 3.43. The molecule has 1 aliphatic heterocycles. The predicted octanol–water partition coefficient (Wildman–Crippen LogP) is 3.00. The Balaban J connectivity index is 2.41. The van der Waals surface area contributed by atoms with Crippen LogP contribution in [-0.4, -0.2) is 23.9 Å². The Morgan fingerprint density at radius 1 is 1.39 bits per heavy atom. The van der Waals surface area contributed by atoms with E-state index in [9.17, 15) is 4.79 Å². The van der Waals surface area contributed by atoms with E-state index < -0.39 is 0 Å². The molecule has 1 heterocycles. The van der Waals surface area contributed by atoms with E-state index in [2.05, 4.69) is 0 Å². The Hall–Kier alpha value is -0.770. The molecule has 0 radical (unpaired) electrons. The minimum atomic E-state index is -0.176. The summed E-state index contributed by atoms with van der Waals surface area (Å²) in [6.07, 6.45) is 2.19. The van der Waals surface area contributed by atoms with Crippen LogP contribution in [0.4, 0.5) is 0 Å². The van der Waals surface area contributed by atoms with Crippen molar-refractivity contribution >= 4 is 29.1 Å². The average molecular weight is 287 g/mol. The van der Waals surface area contributed by atoms with Crippen molar-refractivity contribution in [1.82, 2.24) is 4.90 Å². The molecule has 1 fully saturated rings. The molecule has 18 heavy (non-hydrogen) atoms. The first-order chi connectivity index (χ1) is 8.50. The van der Waals surface area contributed by atoms with Crippen LogP contribution in [0.5, 0.6) is 0 Å². The largest absolute Gasteiger partial charge is 0.337 e. The van der Waals surface area contributed by atoms with E-state index in [1.165, 1.54) is 0 Å². The van der Waals surface area contributed by atoms with E-state index in [-0.39, 0.29) is 18.0 Å². The first kappa shape index (κ1) is 13.7. The minimum Gasteiger partial charge on any atom is -0.337 e. The number of carbonyl (C=O) groups excluding carboxylic acids is 1. The maximum absolute atomic E-state index is 11.9. The maximum atomic E-state index is 11.9. The number of halogens is 2. The summed E-state index contributed by atoms with van der Waals surface area (Å²) in [4.78, 5) is 13.6. The number of benzene rings is 1. The van der Waals surface area contributed by atoms with Gasteiger partial charge in [-0.2, -0.15) is 0 Å². The van der Waals surface area contributed by atoms with Gasteiger partial charge in [0, 0.05) is 29.6 Å². The molecule has 0 bridgehead atoms. The Kier molecular flexibility index (Phi) is 4.15. The number of amides is 1. The number of hydrogen-bond donors (Lipinski definition) is 1. The molecule has 0 aliphatic carbocycles.